The van der Waals surface area contributed by atoms with Crippen molar-refractivity contribution >= 4 is 55.5 Å². The van der Waals surface area contributed by atoms with Crippen LogP contribution < -0.4 is 10.9 Å². The number of ether oxygens (including phenoxy) is 1. The summed E-state index contributed by atoms with van der Waals surface area (Å²) < 4.78 is 5.22. The highest BCUT2D eigenvalue weighted by atomic mass is 32.1. The second-order valence-corrected chi connectivity index (χ2v) is 10.2. The number of non-ortho nitro benzene ring substituents is 1. The zero-order valence-electron chi connectivity index (χ0n) is 20.4. The predicted octanol–water partition coefficient (Wildman–Crippen LogP) is 4.42. The fraction of sp³-hybridized carbons (Fsp3) is 0.250. The standard InChI is InChI=1S/C24H23N5O6S2/c1-5-35-24(32)18-15(13-6-8-14(9-7-13)29(33)34)11-36-22(18)27-21(31)19-12(2)17-20(30)25-16(10-28(3)4)26-23(17)37-19/h6-9,11H,5,10H2,1-4H3,(H,27,31)(H,25,26,30). The van der Waals surface area contributed by atoms with E-state index in [1.165, 1.54) is 24.3 Å². The van der Waals surface area contributed by atoms with E-state index in [9.17, 15) is 24.5 Å². The van der Waals surface area contributed by atoms with Crippen molar-refractivity contribution in [3.63, 3.8) is 0 Å². The molecule has 0 unspecified atom stereocenters. The summed E-state index contributed by atoms with van der Waals surface area (Å²) in [5.41, 5.74) is 1.28. The number of amides is 1. The minimum Gasteiger partial charge on any atom is -0.462 e. The Hall–Kier alpha value is -3.94. The number of carbonyl (C=O) groups is 2. The first-order valence-electron chi connectivity index (χ1n) is 11.1. The molecule has 0 bridgehead atoms. The third-order valence-corrected chi connectivity index (χ3v) is 7.49. The summed E-state index contributed by atoms with van der Waals surface area (Å²) in [6, 6.07) is 5.76. The molecule has 0 radical (unpaired) electrons. The molecule has 0 aliphatic heterocycles. The second-order valence-electron chi connectivity index (χ2n) is 8.32. The van der Waals surface area contributed by atoms with Crippen LogP contribution in [0.4, 0.5) is 10.7 Å². The monoisotopic (exact) mass is 541 g/mol. The normalized spacial score (nSPS) is 11.2. The zero-order chi connectivity index (χ0) is 26.9. The summed E-state index contributed by atoms with van der Waals surface area (Å²) in [6.07, 6.45) is 0. The predicted molar refractivity (Wildman–Crippen MR) is 143 cm³/mol. The average Bonchev–Trinajstić information content (AvgIpc) is 3.40. The molecule has 0 saturated carbocycles. The molecular weight excluding hydrogens is 518 g/mol. The van der Waals surface area contributed by atoms with Gasteiger partial charge in [0.05, 0.1) is 28.3 Å². The Labute approximate surface area is 218 Å². The smallest absolute Gasteiger partial charge is 0.341 e. The maximum absolute atomic E-state index is 13.3. The number of aromatic nitrogens is 2. The van der Waals surface area contributed by atoms with E-state index in [1.54, 1.807) is 19.2 Å². The average molecular weight is 542 g/mol. The highest BCUT2D eigenvalue weighted by molar-refractivity contribution is 7.21. The fourth-order valence-electron chi connectivity index (χ4n) is 3.77. The van der Waals surface area contributed by atoms with E-state index in [1.807, 2.05) is 19.0 Å². The molecule has 2 N–H and O–H groups in total. The van der Waals surface area contributed by atoms with Crippen molar-refractivity contribution in [2.75, 3.05) is 26.0 Å². The minimum atomic E-state index is -0.632. The number of hydrogen-bond donors (Lipinski definition) is 2. The van der Waals surface area contributed by atoms with Crippen molar-refractivity contribution in [3.8, 4) is 11.1 Å². The van der Waals surface area contributed by atoms with Gasteiger partial charge in [-0.2, -0.15) is 0 Å². The number of fused-ring (bicyclic) bond motifs is 1. The maximum Gasteiger partial charge on any atom is 0.341 e. The van der Waals surface area contributed by atoms with E-state index in [4.69, 9.17) is 4.74 Å². The number of nitro groups is 1. The Morgan fingerprint density at radius 3 is 2.57 bits per heavy atom. The van der Waals surface area contributed by atoms with Gasteiger partial charge in [0.1, 0.15) is 21.2 Å². The van der Waals surface area contributed by atoms with Gasteiger partial charge < -0.3 is 19.9 Å². The summed E-state index contributed by atoms with van der Waals surface area (Å²) >= 11 is 2.23. The molecule has 0 spiro atoms. The van der Waals surface area contributed by atoms with E-state index in [0.29, 0.717) is 44.2 Å². The van der Waals surface area contributed by atoms with E-state index in [2.05, 4.69) is 15.3 Å². The quantitative estimate of drug-likeness (QED) is 0.189. The van der Waals surface area contributed by atoms with Crippen molar-refractivity contribution in [1.29, 1.82) is 0 Å². The highest BCUT2D eigenvalue weighted by Crippen LogP contribution is 2.38. The third-order valence-electron chi connectivity index (χ3n) is 5.41. The molecule has 4 rings (SSSR count). The van der Waals surface area contributed by atoms with Crippen LogP contribution in [0, 0.1) is 17.0 Å². The summed E-state index contributed by atoms with van der Waals surface area (Å²) in [7, 11) is 3.71. The molecule has 192 valence electrons. The number of nitrogens with one attached hydrogen (secondary N) is 2. The lowest BCUT2D eigenvalue weighted by molar-refractivity contribution is -0.384. The summed E-state index contributed by atoms with van der Waals surface area (Å²) in [4.78, 5) is 59.2. The van der Waals surface area contributed by atoms with Crippen LogP contribution in [0.1, 0.15) is 38.3 Å². The third kappa shape index (κ3) is 5.28. The van der Waals surface area contributed by atoms with Gasteiger partial charge in [0.15, 0.2) is 0 Å². The number of aryl methyl sites for hydroxylation is 1. The number of esters is 1. The van der Waals surface area contributed by atoms with Gasteiger partial charge in [-0.05, 0) is 51.2 Å². The van der Waals surface area contributed by atoms with Crippen LogP contribution in [0.15, 0.2) is 34.4 Å². The lowest BCUT2D eigenvalue weighted by atomic mass is 10.0. The van der Waals surface area contributed by atoms with Gasteiger partial charge in [-0.15, -0.1) is 22.7 Å². The molecule has 1 aromatic carbocycles. The molecule has 13 heteroatoms. The molecule has 3 aromatic heterocycles. The Kier molecular flexibility index (Phi) is 7.47. The van der Waals surface area contributed by atoms with Crippen molar-refractivity contribution < 1.29 is 19.2 Å². The topological polar surface area (TPSA) is 148 Å². The van der Waals surface area contributed by atoms with Gasteiger partial charge in [-0.3, -0.25) is 19.7 Å². The molecular formula is C24H23N5O6S2. The fourth-order valence-corrected chi connectivity index (χ4v) is 5.82. The Balaban J connectivity index is 1.72. The molecule has 37 heavy (non-hydrogen) atoms. The number of nitro benzene ring substituents is 1. The number of carbonyl (C=O) groups excluding carboxylic acids is 2. The van der Waals surface area contributed by atoms with E-state index >= 15 is 0 Å². The van der Waals surface area contributed by atoms with Gasteiger partial charge in [0, 0.05) is 23.1 Å². The van der Waals surface area contributed by atoms with Crippen LogP contribution in [-0.4, -0.2) is 52.4 Å². The number of nitrogens with zero attached hydrogens (tertiary/aromatic N) is 3. The maximum atomic E-state index is 13.3. The Bertz CT molecular complexity index is 1570. The number of H-pyrrole nitrogens is 1. The number of thiophene rings is 2. The van der Waals surface area contributed by atoms with Crippen LogP contribution in [0.3, 0.4) is 0 Å². The van der Waals surface area contributed by atoms with Gasteiger partial charge in [-0.25, -0.2) is 9.78 Å². The molecule has 0 aliphatic rings. The van der Waals surface area contributed by atoms with Crippen molar-refractivity contribution in [3.05, 3.63) is 71.9 Å². The summed E-state index contributed by atoms with van der Waals surface area (Å²) in [5.74, 6) is -0.630. The molecule has 0 saturated heterocycles. The molecule has 4 aromatic rings. The SMILES string of the molecule is CCOC(=O)c1c(-c2ccc([N+](=O)[O-])cc2)csc1NC(=O)c1sc2nc(CN(C)C)[nH]c(=O)c2c1C. The van der Waals surface area contributed by atoms with Crippen LogP contribution in [0.2, 0.25) is 0 Å². The van der Waals surface area contributed by atoms with Crippen molar-refractivity contribution in [2.24, 2.45) is 0 Å². The summed E-state index contributed by atoms with van der Waals surface area (Å²) in [6.45, 7) is 3.91. The van der Waals surface area contributed by atoms with Crippen molar-refractivity contribution in [2.45, 2.75) is 20.4 Å². The number of benzene rings is 1. The Morgan fingerprint density at radius 2 is 1.95 bits per heavy atom. The lowest BCUT2D eigenvalue weighted by Gasteiger charge is -2.08. The van der Waals surface area contributed by atoms with Crippen LogP contribution in [0.25, 0.3) is 21.3 Å². The van der Waals surface area contributed by atoms with Crippen LogP contribution in [0.5, 0.6) is 0 Å². The molecule has 0 fully saturated rings. The second kappa shape index (κ2) is 10.6. The van der Waals surface area contributed by atoms with Gasteiger partial charge >= 0.3 is 5.97 Å². The molecule has 0 atom stereocenters. The van der Waals surface area contributed by atoms with Crippen LogP contribution in [-0.2, 0) is 11.3 Å². The van der Waals surface area contributed by atoms with Gasteiger partial charge in [0.25, 0.3) is 17.2 Å². The number of anilines is 1. The van der Waals surface area contributed by atoms with Gasteiger partial charge in [-0.1, -0.05) is 0 Å². The van der Waals surface area contributed by atoms with Crippen molar-refractivity contribution in [1.82, 2.24) is 14.9 Å². The number of hydrogen-bond acceptors (Lipinski definition) is 10. The molecule has 1 amide bonds. The lowest BCUT2D eigenvalue weighted by Crippen LogP contribution is -2.18. The zero-order valence-corrected chi connectivity index (χ0v) is 22.0. The number of aromatic amines is 1. The van der Waals surface area contributed by atoms with E-state index in [-0.39, 0.29) is 28.4 Å². The van der Waals surface area contributed by atoms with E-state index < -0.39 is 16.8 Å². The first kappa shape index (κ1) is 26.1. The van der Waals surface area contributed by atoms with Gasteiger partial charge in [0.2, 0.25) is 0 Å². The number of rotatable bonds is 8. The first-order chi connectivity index (χ1) is 17.6. The first-order valence-corrected chi connectivity index (χ1v) is 12.8. The summed E-state index contributed by atoms with van der Waals surface area (Å²) in [5, 5.41) is 16.1. The van der Waals surface area contributed by atoms with E-state index in [0.717, 1.165) is 22.7 Å². The highest BCUT2D eigenvalue weighted by Gasteiger charge is 2.26. The Morgan fingerprint density at radius 1 is 1.24 bits per heavy atom. The van der Waals surface area contributed by atoms with Crippen LogP contribution >= 0.6 is 22.7 Å². The molecule has 0 aliphatic carbocycles. The molecule has 3 heterocycles. The minimum absolute atomic E-state index is 0.0808. The molecule has 11 nitrogen and oxygen atoms in total. The largest absolute Gasteiger partial charge is 0.462 e.